The van der Waals surface area contributed by atoms with E-state index in [1.165, 1.54) is 49.7 Å². The average Bonchev–Trinajstić information content (AvgIpc) is 3.85. The van der Waals surface area contributed by atoms with Crippen molar-refractivity contribution >= 4 is 27.8 Å². The second-order valence-corrected chi connectivity index (χ2v) is 16.7. The van der Waals surface area contributed by atoms with Crippen LogP contribution in [0.2, 0.25) is 0 Å². The molecule has 0 aromatic heterocycles. The molecule has 292 valence electrons. The summed E-state index contributed by atoms with van der Waals surface area (Å²) in [6, 6.07) is 73.0. The van der Waals surface area contributed by atoms with Gasteiger partial charge in [0.15, 0.2) is 0 Å². The van der Waals surface area contributed by atoms with Crippen LogP contribution in [0.5, 0.6) is 17.2 Å². The van der Waals surface area contributed by atoms with E-state index in [4.69, 9.17) is 9.47 Å². The highest BCUT2D eigenvalue weighted by atomic mass is 16.5. The van der Waals surface area contributed by atoms with Crippen molar-refractivity contribution in [2.24, 2.45) is 0 Å². The standard InChI is InChI=1S/C59H39NO2/c1-2-13-38(14-3-1)39-25-29-43(30-26-39)60(44-31-27-40(28-32-44)46-18-12-19-49-48-17-6-9-22-55(48)62-58(46)49)45-33-34-47-50-35-41-15-4-5-16-42(41)36-53(50)59(54(47)37-45)51-20-7-10-23-56(51)61-57-24-11-8-21-52(57)59/h1-37,48,55H. The Kier molecular flexibility index (Phi) is 7.65. The number of anilines is 3. The van der Waals surface area contributed by atoms with E-state index in [1.807, 2.05) is 0 Å². The van der Waals surface area contributed by atoms with E-state index < -0.39 is 5.41 Å². The van der Waals surface area contributed by atoms with Crippen molar-refractivity contribution in [3.8, 4) is 50.6 Å². The number of ether oxygens (including phenoxy) is 2. The number of fused-ring (bicyclic) bond motifs is 13. The molecule has 0 fully saturated rings. The quantitative estimate of drug-likeness (QED) is 0.173. The summed E-state index contributed by atoms with van der Waals surface area (Å²) < 4.78 is 13.3. The first-order chi connectivity index (χ1) is 30.7. The van der Waals surface area contributed by atoms with Gasteiger partial charge >= 0.3 is 0 Å². The molecule has 2 aliphatic heterocycles. The molecule has 0 saturated heterocycles. The first-order valence-electron chi connectivity index (χ1n) is 21.5. The monoisotopic (exact) mass is 793 g/mol. The number of nitrogens with zero attached hydrogens (tertiary/aromatic N) is 1. The summed E-state index contributed by atoms with van der Waals surface area (Å²) in [6.45, 7) is 0. The van der Waals surface area contributed by atoms with Crippen molar-refractivity contribution in [1.82, 2.24) is 0 Å². The van der Waals surface area contributed by atoms with E-state index in [1.54, 1.807) is 0 Å². The first kappa shape index (κ1) is 34.9. The lowest BCUT2D eigenvalue weighted by Crippen LogP contribution is -2.32. The van der Waals surface area contributed by atoms with Crippen LogP contribution in [0.25, 0.3) is 44.2 Å². The maximum atomic E-state index is 6.72. The fourth-order valence-electron chi connectivity index (χ4n) is 10.7. The summed E-state index contributed by atoms with van der Waals surface area (Å²) >= 11 is 0. The van der Waals surface area contributed by atoms with E-state index in [-0.39, 0.29) is 12.0 Å². The van der Waals surface area contributed by atoms with Gasteiger partial charge in [0.1, 0.15) is 23.4 Å². The lowest BCUT2D eigenvalue weighted by Gasteiger charge is -2.39. The van der Waals surface area contributed by atoms with Crippen molar-refractivity contribution in [2.45, 2.75) is 17.4 Å². The van der Waals surface area contributed by atoms with Crippen molar-refractivity contribution in [2.75, 3.05) is 4.90 Å². The summed E-state index contributed by atoms with van der Waals surface area (Å²) in [6.07, 6.45) is 8.67. The summed E-state index contributed by atoms with van der Waals surface area (Å²) in [4.78, 5) is 2.40. The Morgan fingerprint density at radius 3 is 1.74 bits per heavy atom. The highest BCUT2D eigenvalue weighted by Gasteiger charge is 2.51. The van der Waals surface area contributed by atoms with E-state index in [0.29, 0.717) is 0 Å². The van der Waals surface area contributed by atoms with Crippen LogP contribution in [0.3, 0.4) is 0 Å². The fourth-order valence-corrected chi connectivity index (χ4v) is 10.7. The molecule has 0 bridgehead atoms. The molecular formula is C59H39NO2. The third-order valence-electron chi connectivity index (χ3n) is 13.5. The van der Waals surface area contributed by atoms with Gasteiger partial charge in [-0.2, -0.15) is 0 Å². The van der Waals surface area contributed by atoms with Crippen LogP contribution < -0.4 is 14.4 Å². The number of rotatable bonds is 5. The van der Waals surface area contributed by atoms with Crippen LogP contribution in [0, 0.1) is 0 Å². The predicted molar refractivity (Wildman–Crippen MR) is 252 cm³/mol. The van der Waals surface area contributed by atoms with Crippen LogP contribution in [-0.2, 0) is 5.41 Å². The van der Waals surface area contributed by atoms with Gasteiger partial charge in [0.2, 0.25) is 0 Å². The number of hydrogen-bond acceptors (Lipinski definition) is 3. The number of para-hydroxylation sites is 3. The third kappa shape index (κ3) is 5.12. The molecule has 0 N–H and O–H groups in total. The van der Waals surface area contributed by atoms with Gasteiger partial charge in [0.25, 0.3) is 0 Å². The third-order valence-corrected chi connectivity index (χ3v) is 13.5. The molecule has 13 rings (SSSR count). The molecule has 9 aromatic rings. The first-order valence-corrected chi connectivity index (χ1v) is 21.5. The molecule has 2 atom stereocenters. The van der Waals surface area contributed by atoms with Gasteiger partial charge in [0, 0.05) is 45.2 Å². The maximum absolute atomic E-state index is 6.72. The molecule has 2 heterocycles. The number of benzene rings is 9. The molecule has 9 aromatic carbocycles. The Labute approximate surface area is 361 Å². The summed E-state index contributed by atoms with van der Waals surface area (Å²) in [5.41, 5.74) is 15.8. The van der Waals surface area contributed by atoms with Gasteiger partial charge in [0.05, 0.1) is 5.41 Å². The average molecular weight is 794 g/mol. The normalized spacial score (nSPS) is 16.6. The summed E-state index contributed by atoms with van der Waals surface area (Å²) in [5.74, 6) is 2.99. The van der Waals surface area contributed by atoms with Gasteiger partial charge in [-0.1, -0.05) is 158 Å². The number of allylic oxidation sites excluding steroid dienone is 2. The van der Waals surface area contributed by atoms with Gasteiger partial charge in [-0.25, -0.2) is 0 Å². The maximum Gasteiger partial charge on any atom is 0.132 e. The molecule has 3 heteroatoms. The van der Waals surface area contributed by atoms with E-state index in [0.717, 1.165) is 56.6 Å². The largest absolute Gasteiger partial charge is 0.484 e. The Morgan fingerprint density at radius 2 is 1.00 bits per heavy atom. The molecule has 62 heavy (non-hydrogen) atoms. The minimum Gasteiger partial charge on any atom is -0.484 e. The van der Waals surface area contributed by atoms with E-state index in [9.17, 15) is 0 Å². The smallest absolute Gasteiger partial charge is 0.132 e. The van der Waals surface area contributed by atoms with Crippen molar-refractivity contribution in [1.29, 1.82) is 0 Å². The second-order valence-electron chi connectivity index (χ2n) is 16.7. The van der Waals surface area contributed by atoms with Gasteiger partial charge in [-0.05, 0) is 116 Å². The molecule has 1 spiro atoms. The van der Waals surface area contributed by atoms with Crippen molar-refractivity contribution in [3.05, 3.63) is 252 Å². The zero-order valence-electron chi connectivity index (χ0n) is 33.8. The Bertz CT molecular complexity index is 3260. The zero-order valence-corrected chi connectivity index (χ0v) is 33.8. The van der Waals surface area contributed by atoms with E-state index in [2.05, 4.69) is 229 Å². The van der Waals surface area contributed by atoms with E-state index >= 15 is 0 Å². The Hall–Kier alpha value is -7.88. The van der Waals surface area contributed by atoms with Crippen LogP contribution in [0.1, 0.15) is 33.7 Å². The van der Waals surface area contributed by atoms with Gasteiger partial charge in [-0.15, -0.1) is 0 Å². The lowest BCUT2D eigenvalue weighted by atomic mass is 9.66. The second kappa shape index (κ2) is 13.6. The molecule has 2 unspecified atom stereocenters. The van der Waals surface area contributed by atoms with Crippen molar-refractivity contribution < 1.29 is 9.47 Å². The summed E-state index contributed by atoms with van der Waals surface area (Å²) in [7, 11) is 0. The molecule has 2 aliphatic carbocycles. The minimum absolute atomic E-state index is 0.0343. The minimum atomic E-state index is -0.613. The van der Waals surface area contributed by atoms with Crippen LogP contribution in [-0.4, -0.2) is 6.10 Å². The highest BCUT2D eigenvalue weighted by molar-refractivity contribution is 5.98. The molecule has 3 nitrogen and oxygen atoms in total. The molecule has 4 aliphatic rings. The van der Waals surface area contributed by atoms with Crippen LogP contribution >= 0.6 is 0 Å². The Balaban J connectivity index is 1.01. The van der Waals surface area contributed by atoms with Gasteiger partial charge in [-0.3, -0.25) is 0 Å². The van der Waals surface area contributed by atoms with Crippen LogP contribution in [0.15, 0.2) is 224 Å². The molecular weight excluding hydrogens is 755 g/mol. The predicted octanol–water partition coefficient (Wildman–Crippen LogP) is 15.1. The lowest BCUT2D eigenvalue weighted by molar-refractivity contribution is 0.270. The SMILES string of the molecule is C1=CC2Oc3c(-c4ccc(N(c5ccc(-c6ccccc6)cc5)c5ccc6c(c5)C5(c7ccccc7Oc7ccccc75)c5cc7ccccc7cc5-6)cc4)cccc3C2C=C1. The number of hydrogen-bond donors (Lipinski definition) is 0. The van der Waals surface area contributed by atoms with Crippen molar-refractivity contribution in [3.63, 3.8) is 0 Å². The summed E-state index contributed by atoms with van der Waals surface area (Å²) in [5, 5.41) is 2.45. The molecule has 0 saturated carbocycles. The highest BCUT2D eigenvalue weighted by Crippen LogP contribution is 2.63. The van der Waals surface area contributed by atoms with Gasteiger partial charge < -0.3 is 14.4 Å². The fraction of sp³-hybridized carbons (Fsp3) is 0.0508. The Morgan fingerprint density at radius 1 is 0.403 bits per heavy atom. The van der Waals surface area contributed by atoms with Crippen LogP contribution in [0.4, 0.5) is 17.1 Å². The molecule has 0 radical (unpaired) electrons. The zero-order chi connectivity index (χ0) is 40.8. The topological polar surface area (TPSA) is 21.7 Å². The molecule has 0 amide bonds.